The van der Waals surface area contributed by atoms with Crippen LogP contribution in [0.3, 0.4) is 0 Å². The second-order valence-corrected chi connectivity index (χ2v) is 7.57. The minimum atomic E-state index is 0. The summed E-state index contributed by atoms with van der Waals surface area (Å²) in [5, 5.41) is 6.84. The Labute approximate surface area is 186 Å². The van der Waals surface area contributed by atoms with Gasteiger partial charge in [-0.05, 0) is 25.3 Å². The Morgan fingerprint density at radius 3 is 2.43 bits per heavy atom. The Morgan fingerprint density at radius 2 is 1.86 bits per heavy atom. The van der Waals surface area contributed by atoms with Crippen molar-refractivity contribution in [2.24, 2.45) is 10.9 Å². The fourth-order valence-electron chi connectivity index (χ4n) is 3.66. The number of aliphatic imine (C=N–C) groups is 1. The van der Waals surface area contributed by atoms with Crippen LogP contribution in [0, 0.1) is 5.92 Å². The van der Waals surface area contributed by atoms with Gasteiger partial charge in [0.1, 0.15) is 0 Å². The Kier molecular flexibility index (Phi) is 9.50. The molecule has 2 aliphatic rings. The van der Waals surface area contributed by atoms with Crippen LogP contribution < -0.4 is 10.6 Å². The molecule has 1 saturated carbocycles. The molecule has 3 rings (SSSR count). The number of benzene rings is 1. The summed E-state index contributed by atoms with van der Waals surface area (Å²) in [4.78, 5) is 21.1. The molecule has 156 valence electrons. The van der Waals surface area contributed by atoms with E-state index in [0.717, 1.165) is 58.1 Å². The second kappa shape index (κ2) is 11.6. The van der Waals surface area contributed by atoms with E-state index in [1.807, 2.05) is 6.07 Å². The Bertz CT molecular complexity index is 627. The molecule has 6 nitrogen and oxygen atoms in total. The number of nitrogens with zero attached hydrogens (tertiary/aromatic N) is 3. The van der Waals surface area contributed by atoms with Gasteiger partial charge < -0.3 is 15.5 Å². The van der Waals surface area contributed by atoms with Gasteiger partial charge in [0, 0.05) is 52.2 Å². The second-order valence-electron chi connectivity index (χ2n) is 7.57. The first-order chi connectivity index (χ1) is 13.2. The molecular weight excluding hydrogens is 465 g/mol. The van der Waals surface area contributed by atoms with Gasteiger partial charge in [-0.25, -0.2) is 0 Å². The highest BCUT2D eigenvalue weighted by molar-refractivity contribution is 14.0. The zero-order valence-electron chi connectivity index (χ0n) is 17.1. The summed E-state index contributed by atoms with van der Waals surface area (Å²) in [5.74, 6) is 1.53. The molecule has 2 N–H and O–H groups in total. The zero-order chi connectivity index (χ0) is 19.1. The van der Waals surface area contributed by atoms with Gasteiger partial charge in [0.2, 0.25) is 5.91 Å². The zero-order valence-corrected chi connectivity index (χ0v) is 19.4. The van der Waals surface area contributed by atoms with E-state index in [-0.39, 0.29) is 30.0 Å². The number of halogens is 1. The van der Waals surface area contributed by atoms with Crippen LogP contribution in [-0.2, 0) is 4.79 Å². The molecule has 1 unspecified atom stereocenters. The number of carbonyl (C=O) groups excluding carboxylic acids is 1. The van der Waals surface area contributed by atoms with Crippen LogP contribution in [0.5, 0.6) is 0 Å². The van der Waals surface area contributed by atoms with E-state index >= 15 is 0 Å². The lowest BCUT2D eigenvalue weighted by Crippen LogP contribution is -2.52. The van der Waals surface area contributed by atoms with Gasteiger partial charge in [0.05, 0.1) is 6.04 Å². The van der Waals surface area contributed by atoms with Crippen molar-refractivity contribution in [2.45, 2.75) is 32.2 Å². The van der Waals surface area contributed by atoms with Gasteiger partial charge in [-0.3, -0.25) is 14.7 Å². The Balaban J connectivity index is 0.00000280. The predicted octanol–water partition coefficient (Wildman–Crippen LogP) is 2.47. The first-order valence-corrected chi connectivity index (χ1v) is 10.2. The van der Waals surface area contributed by atoms with E-state index in [2.05, 4.69) is 56.6 Å². The van der Waals surface area contributed by atoms with E-state index in [1.165, 1.54) is 12.0 Å². The standard InChI is InChI=1S/C21H33N5O.HI/c1-17(18-7-4-3-5-8-18)24-21(22-2)23-11-12-25-13-15-26(16-14-25)20(27)19-9-6-10-19;/h3-5,7-8,17,19H,6,9-16H2,1-2H3,(H2,22,23,24);1H. The number of nitrogens with one attached hydrogen (secondary N) is 2. The molecule has 0 bridgehead atoms. The molecule has 1 aliphatic carbocycles. The quantitative estimate of drug-likeness (QED) is 0.359. The summed E-state index contributed by atoms with van der Waals surface area (Å²) in [5.41, 5.74) is 1.24. The van der Waals surface area contributed by atoms with Crippen molar-refractivity contribution in [3.63, 3.8) is 0 Å². The SMILES string of the molecule is CN=C(NCCN1CCN(C(=O)C2CCC2)CC1)NC(C)c1ccccc1.I. The van der Waals surface area contributed by atoms with Crippen molar-refractivity contribution < 1.29 is 4.79 Å². The minimum Gasteiger partial charge on any atom is -0.355 e. The molecule has 1 atom stereocenters. The third-order valence-electron chi connectivity index (χ3n) is 5.74. The van der Waals surface area contributed by atoms with Gasteiger partial charge in [-0.2, -0.15) is 0 Å². The highest BCUT2D eigenvalue weighted by Crippen LogP contribution is 2.28. The van der Waals surface area contributed by atoms with Gasteiger partial charge in [0.15, 0.2) is 5.96 Å². The molecule has 0 spiro atoms. The van der Waals surface area contributed by atoms with Crippen molar-refractivity contribution >= 4 is 35.8 Å². The van der Waals surface area contributed by atoms with E-state index in [9.17, 15) is 4.79 Å². The maximum Gasteiger partial charge on any atom is 0.225 e. The molecule has 1 aromatic carbocycles. The van der Waals surface area contributed by atoms with Crippen molar-refractivity contribution in [3.05, 3.63) is 35.9 Å². The summed E-state index contributed by atoms with van der Waals surface area (Å²) in [7, 11) is 1.80. The first-order valence-electron chi connectivity index (χ1n) is 10.2. The monoisotopic (exact) mass is 499 g/mol. The van der Waals surface area contributed by atoms with Crippen LogP contribution in [0.15, 0.2) is 35.3 Å². The molecule has 1 aromatic rings. The average molecular weight is 499 g/mol. The van der Waals surface area contributed by atoms with Gasteiger partial charge in [-0.1, -0.05) is 36.8 Å². The maximum absolute atomic E-state index is 12.3. The van der Waals surface area contributed by atoms with Crippen LogP contribution in [0.25, 0.3) is 0 Å². The number of carbonyl (C=O) groups is 1. The molecule has 1 amide bonds. The summed E-state index contributed by atoms with van der Waals surface area (Å²) in [6.07, 6.45) is 3.41. The molecule has 1 heterocycles. The largest absolute Gasteiger partial charge is 0.355 e. The lowest BCUT2D eigenvalue weighted by Gasteiger charge is -2.38. The van der Waals surface area contributed by atoms with Gasteiger partial charge in [0.25, 0.3) is 0 Å². The fraction of sp³-hybridized carbons (Fsp3) is 0.619. The molecule has 7 heteroatoms. The predicted molar refractivity (Wildman–Crippen MR) is 125 cm³/mol. The van der Waals surface area contributed by atoms with Crippen LogP contribution in [0.2, 0.25) is 0 Å². The first kappa shape index (κ1) is 22.9. The van der Waals surface area contributed by atoms with Crippen molar-refractivity contribution in [3.8, 4) is 0 Å². The van der Waals surface area contributed by atoms with E-state index in [0.29, 0.717) is 11.8 Å². The summed E-state index contributed by atoms with van der Waals surface area (Å²) < 4.78 is 0. The van der Waals surface area contributed by atoms with Crippen molar-refractivity contribution in [1.29, 1.82) is 0 Å². The summed E-state index contributed by atoms with van der Waals surface area (Å²) >= 11 is 0. The van der Waals surface area contributed by atoms with Gasteiger partial charge >= 0.3 is 0 Å². The lowest BCUT2D eigenvalue weighted by atomic mass is 9.84. The van der Waals surface area contributed by atoms with Crippen molar-refractivity contribution in [1.82, 2.24) is 20.4 Å². The normalized spacial score (nSPS) is 19.4. The number of guanidine groups is 1. The fourth-order valence-corrected chi connectivity index (χ4v) is 3.66. The minimum absolute atomic E-state index is 0. The molecule has 0 aromatic heterocycles. The van der Waals surface area contributed by atoms with E-state index < -0.39 is 0 Å². The van der Waals surface area contributed by atoms with Crippen LogP contribution >= 0.6 is 24.0 Å². The third-order valence-corrected chi connectivity index (χ3v) is 5.74. The van der Waals surface area contributed by atoms with E-state index in [1.54, 1.807) is 7.05 Å². The molecule has 28 heavy (non-hydrogen) atoms. The lowest BCUT2D eigenvalue weighted by molar-refractivity contribution is -0.139. The van der Waals surface area contributed by atoms with Crippen molar-refractivity contribution in [2.75, 3.05) is 46.3 Å². The van der Waals surface area contributed by atoms with Crippen LogP contribution in [0.4, 0.5) is 0 Å². The summed E-state index contributed by atoms with van der Waals surface area (Å²) in [6, 6.07) is 10.6. The molecule has 1 saturated heterocycles. The van der Waals surface area contributed by atoms with Crippen LogP contribution in [-0.4, -0.2) is 68.0 Å². The number of hydrogen-bond donors (Lipinski definition) is 2. The average Bonchev–Trinajstić information content (AvgIpc) is 2.67. The third kappa shape index (κ3) is 6.34. The number of amides is 1. The highest BCUT2D eigenvalue weighted by atomic mass is 127. The molecule has 0 radical (unpaired) electrons. The number of piperazine rings is 1. The Morgan fingerprint density at radius 1 is 1.18 bits per heavy atom. The molecular formula is C21H34IN5O. The van der Waals surface area contributed by atoms with Gasteiger partial charge in [-0.15, -0.1) is 24.0 Å². The smallest absolute Gasteiger partial charge is 0.225 e. The number of hydrogen-bond acceptors (Lipinski definition) is 3. The molecule has 1 aliphatic heterocycles. The topological polar surface area (TPSA) is 60.0 Å². The van der Waals surface area contributed by atoms with E-state index in [4.69, 9.17) is 0 Å². The summed E-state index contributed by atoms with van der Waals surface area (Å²) in [6.45, 7) is 7.62. The maximum atomic E-state index is 12.3. The highest BCUT2D eigenvalue weighted by Gasteiger charge is 2.30. The molecule has 2 fully saturated rings. The number of rotatable bonds is 6. The Hall–Kier alpha value is -1.35. The van der Waals surface area contributed by atoms with Crippen LogP contribution in [0.1, 0.15) is 37.8 Å².